The number of carbonyl (C=O) groups excluding carboxylic acids is 1. The summed E-state index contributed by atoms with van der Waals surface area (Å²) in [5, 5.41) is 11.5. The van der Waals surface area contributed by atoms with Crippen molar-refractivity contribution in [1.82, 2.24) is 5.32 Å². The van der Waals surface area contributed by atoms with E-state index < -0.39 is 11.9 Å². The highest BCUT2D eigenvalue weighted by atomic mass is 79.9. The Morgan fingerprint density at radius 2 is 2.33 bits per heavy atom. The van der Waals surface area contributed by atoms with Crippen LogP contribution in [-0.4, -0.2) is 23.7 Å². The maximum atomic E-state index is 12.9. The molecule has 0 fully saturated rings. The number of benzene rings is 1. The van der Waals surface area contributed by atoms with Gasteiger partial charge in [-0.3, -0.25) is 4.79 Å². The number of aliphatic hydroxyl groups is 1. The molecule has 3 nitrogen and oxygen atoms in total. The summed E-state index contributed by atoms with van der Waals surface area (Å²) in [6, 6.07) is 3.99. The molecule has 0 heterocycles. The molecule has 0 aliphatic heterocycles. The summed E-state index contributed by atoms with van der Waals surface area (Å²) in [4.78, 5) is 11.4. The normalized spacial score (nSPS) is 12.3. The lowest BCUT2D eigenvalue weighted by molar-refractivity contribution is 0.0924. The van der Waals surface area contributed by atoms with E-state index in [1.807, 2.05) is 0 Å². The van der Waals surface area contributed by atoms with E-state index in [0.717, 1.165) is 0 Å². The number of hydrogen-bond acceptors (Lipinski definition) is 2. The molecular formula is C10H11BrFNO2. The largest absolute Gasteiger partial charge is 0.392 e. The van der Waals surface area contributed by atoms with Gasteiger partial charge in [0.2, 0.25) is 0 Å². The summed E-state index contributed by atoms with van der Waals surface area (Å²) < 4.78 is 13.1. The second-order valence-electron chi connectivity index (χ2n) is 3.19. The van der Waals surface area contributed by atoms with Crippen molar-refractivity contribution in [3.63, 3.8) is 0 Å². The van der Waals surface area contributed by atoms with Crippen LogP contribution in [0.1, 0.15) is 17.3 Å². The summed E-state index contributed by atoms with van der Waals surface area (Å²) in [6.45, 7) is 1.74. The van der Waals surface area contributed by atoms with E-state index in [2.05, 4.69) is 21.2 Å². The number of nitrogens with one attached hydrogen (secondary N) is 1. The fraction of sp³-hybridized carbons (Fsp3) is 0.300. The molecule has 0 spiro atoms. The van der Waals surface area contributed by atoms with Crippen LogP contribution in [0.2, 0.25) is 0 Å². The van der Waals surface area contributed by atoms with Gasteiger partial charge < -0.3 is 10.4 Å². The molecule has 1 rings (SSSR count). The minimum absolute atomic E-state index is 0.174. The zero-order valence-corrected chi connectivity index (χ0v) is 9.71. The Labute approximate surface area is 95.4 Å². The molecule has 0 aliphatic carbocycles. The minimum Gasteiger partial charge on any atom is -0.392 e. The third kappa shape index (κ3) is 3.60. The monoisotopic (exact) mass is 275 g/mol. The molecule has 1 amide bonds. The zero-order chi connectivity index (χ0) is 11.4. The van der Waals surface area contributed by atoms with Gasteiger partial charge in [0.25, 0.3) is 5.91 Å². The van der Waals surface area contributed by atoms with Crippen molar-refractivity contribution in [3.8, 4) is 0 Å². The molecule has 82 valence electrons. The van der Waals surface area contributed by atoms with Crippen molar-refractivity contribution in [2.24, 2.45) is 0 Å². The minimum atomic E-state index is -0.599. The molecule has 0 unspecified atom stereocenters. The standard InChI is InChI=1S/C10H11BrFNO2/c1-6(14)5-13-10(15)7-2-3-9(12)8(11)4-7/h2-4,6,14H,5H2,1H3,(H,13,15)/t6-/m1/s1. The summed E-state index contributed by atoms with van der Waals surface area (Å²) in [5.74, 6) is -0.751. The molecule has 0 saturated carbocycles. The predicted molar refractivity (Wildman–Crippen MR) is 58.1 cm³/mol. The van der Waals surface area contributed by atoms with Crippen LogP contribution in [0, 0.1) is 5.82 Å². The van der Waals surface area contributed by atoms with Crippen LogP contribution in [0.15, 0.2) is 22.7 Å². The van der Waals surface area contributed by atoms with E-state index in [1.54, 1.807) is 6.92 Å². The van der Waals surface area contributed by atoms with Crippen LogP contribution in [0.3, 0.4) is 0 Å². The molecule has 1 atom stereocenters. The number of aliphatic hydroxyl groups excluding tert-OH is 1. The van der Waals surface area contributed by atoms with E-state index in [4.69, 9.17) is 5.11 Å². The van der Waals surface area contributed by atoms with Gasteiger partial charge in [0, 0.05) is 12.1 Å². The van der Waals surface area contributed by atoms with Gasteiger partial charge in [0.1, 0.15) is 5.82 Å². The van der Waals surface area contributed by atoms with Crippen LogP contribution in [0.5, 0.6) is 0 Å². The Morgan fingerprint density at radius 3 is 2.87 bits per heavy atom. The molecule has 5 heteroatoms. The maximum absolute atomic E-state index is 12.9. The van der Waals surface area contributed by atoms with Crippen molar-refractivity contribution in [2.75, 3.05) is 6.54 Å². The van der Waals surface area contributed by atoms with Crippen molar-refractivity contribution < 1.29 is 14.3 Å². The number of halogens is 2. The lowest BCUT2D eigenvalue weighted by Gasteiger charge is -2.07. The average molecular weight is 276 g/mol. The Hall–Kier alpha value is -0.940. The summed E-state index contributed by atoms with van der Waals surface area (Å²) >= 11 is 2.99. The Bertz CT molecular complexity index is 368. The molecule has 1 aromatic carbocycles. The smallest absolute Gasteiger partial charge is 0.251 e. The number of hydrogen-bond donors (Lipinski definition) is 2. The van der Waals surface area contributed by atoms with Crippen molar-refractivity contribution in [2.45, 2.75) is 13.0 Å². The van der Waals surface area contributed by atoms with E-state index in [-0.39, 0.29) is 16.9 Å². The van der Waals surface area contributed by atoms with Crippen LogP contribution < -0.4 is 5.32 Å². The second kappa shape index (κ2) is 5.23. The SMILES string of the molecule is C[C@@H](O)CNC(=O)c1ccc(F)c(Br)c1. The number of rotatable bonds is 3. The third-order valence-electron chi connectivity index (χ3n) is 1.74. The molecule has 0 aliphatic rings. The molecule has 1 aromatic rings. The Morgan fingerprint density at radius 1 is 1.67 bits per heavy atom. The van der Waals surface area contributed by atoms with Gasteiger partial charge >= 0.3 is 0 Å². The lowest BCUT2D eigenvalue weighted by Crippen LogP contribution is -2.30. The fourth-order valence-electron chi connectivity index (χ4n) is 0.980. The van der Waals surface area contributed by atoms with E-state index in [9.17, 15) is 9.18 Å². The maximum Gasteiger partial charge on any atom is 0.251 e. The van der Waals surface area contributed by atoms with Crippen LogP contribution in [0.4, 0.5) is 4.39 Å². The third-order valence-corrected chi connectivity index (χ3v) is 2.35. The highest BCUT2D eigenvalue weighted by Crippen LogP contribution is 2.16. The van der Waals surface area contributed by atoms with Crippen LogP contribution in [0.25, 0.3) is 0 Å². The van der Waals surface area contributed by atoms with Gasteiger partial charge in [-0.25, -0.2) is 4.39 Å². The van der Waals surface area contributed by atoms with Gasteiger partial charge in [0.15, 0.2) is 0 Å². The van der Waals surface area contributed by atoms with Crippen LogP contribution >= 0.6 is 15.9 Å². The second-order valence-corrected chi connectivity index (χ2v) is 4.04. The Kier molecular flexibility index (Phi) is 4.23. The van der Waals surface area contributed by atoms with Gasteiger partial charge in [-0.05, 0) is 41.1 Å². The van der Waals surface area contributed by atoms with Gasteiger partial charge in [-0.2, -0.15) is 0 Å². The first-order chi connectivity index (χ1) is 7.00. The molecular weight excluding hydrogens is 265 g/mol. The molecule has 0 radical (unpaired) electrons. The topological polar surface area (TPSA) is 49.3 Å². The zero-order valence-electron chi connectivity index (χ0n) is 8.13. The highest BCUT2D eigenvalue weighted by molar-refractivity contribution is 9.10. The average Bonchev–Trinajstić information content (AvgIpc) is 2.18. The first-order valence-electron chi connectivity index (χ1n) is 4.42. The highest BCUT2D eigenvalue weighted by Gasteiger charge is 2.08. The fourth-order valence-corrected chi connectivity index (χ4v) is 1.36. The first-order valence-corrected chi connectivity index (χ1v) is 5.21. The molecule has 0 aromatic heterocycles. The number of carbonyl (C=O) groups is 1. The summed E-state index contributed by atoms with van der Waals surface area (Å²) in [7, 11) is 0. The van der Waals surface area contributed by atoms with Crippen molar-refractivity contribution >= 4 is 21.8 Å². The van der Waals surface area contributed by atoms with Gasteiger partial charge in [0.05, 0.1) is 10.6 Å². The van der Waals surface area contributed by atoms with Crippen molar-refractivity contribution in [3.05, 3.63) is 34.1 Å². The van der Waals surface area contributed by atoms with Gasteiger partial charge in [-0.1, -0.05) is 0 Å². The lowest BCUT2D eigenvalue weighted by atomic mass is 10.2. The van der Waals surface area contributed by atoms with E-state index in [0.29, 0.717) is 5.56 Å². The first kappa shape index (κ1) is 12.1. The molecule has 0 bridgehead atoms. The van der Waals surface area contributed by atoms with E-state index in [1.165, 1.54) is 18.2 Å². The van der Waals surface area contributed by atoms with Crippen LogP contribution in [-0.2, 0) is 0 Å². The number of amides is 1. The molecule has 0 saturated heterocycles. The Balaban J connectivity index is 2.70. The van der Waals surface area contributed by atoms with E-state index >= 15 is 0 Å². The summed E-state index contributed by atoms with van der Waals surface area (Å²) in [5.41, 5.74) is 0.351. The molecule has 2 N–H and O–H groups in total. The predicted octanol–water partition coefficient (Wildman–Crippen LogP) is 1.70. The molecule has 15 heavy (non-hydrogen) atoms. The van der Waals surface area contributed by atoms with Gasteiger partial charge in [-0.15, -0.1) is 0 Å². The van der Waals surface area contributed by atoms with Crippen molar-refractivity contribution in [1.29, 1.82) is 0 Å². The summed E-state index contributed by atoms with van der Waals surface area (Å²) in [6.07, 6.45) is -0.599. The quantitative estimate of drug-likeness (QED) is 0.882.